The van der Waals surface area contributed by atoms with Gasteiger partial charge in [0, 0.05) is 24.2 Å². The third-order valence-electron chi connectivity index (χ3n) is 7.82. The van der Waals surface area contributed by atoms with E-state index in [0.29, 0.717) is 23.6 Å². The number of rotatable bonds is 5. The van der Waals surface area contributed by atoms with Gasteiger partial charge in [0.25, 0.3) is 0 Å². The van der Waals surface area contributed by atoms with Gasteiger partial charge in [0.1, 0.15) is 5.84 Å². The van der Waals surface area contributed by atoms with Gasteiger partial charge in [0.2, 0.25) is 12.1 Å². The van der Waals surface area contributed by atoms with E-state index in [0.717, 1.165) is 37.8 Å². The molecule has 154 valence electrons. The van der Waals surface area contributed by atoms with Crippen LogP contribution in [0.1, 0.15) is 46.0 Å². The Morgan fingerprint density at radius 3 is 2.41 bits per heavy atom. The molecule has 3 N–H and O–H groups in total. The first-order valence-corrected chi connectivity index (χ1v) is 10.6. The van der Waals surface area contributed by atoms with E-state index in [4.69, 9.17) is 5.73 Å². The summed E-state index contributed by atoms with van der Waals surface area (Å²) in [5.41, 5.74) is 6.11. The fourth-order valence-electron chi connectivity index (χ4n) is 6.25. The Morgan fingerprint density at radius 1 is 1.24 bits per heavy atom. The zero-order valence-electron chi connectivity index (χ0n) is 17.6. The number of nitriles is 1. The molecule has 2 atom stereocenters. The molecule has 2 unspecified atom stereocenters. The zero-order valence-corrected chi connectivity index (χ0v) is 17.6. The number of para-hydroxylation sites is 1. The third-order valence-corrected chi connectivity index (χ3v) is 7.82. The quantitative estimate of drug-likeness (QED) is 0.457. The van der Waals surface area contributed by atoms with Gasteiger partial charge in [-0.1, -0.05) is 18.2 Å². The lowest BCUT2D eigenvalue weighted by atomic mass is 9.47. The molecule has 4 aliphatic rings. The van der Waals surface area contributed by atoms with Crippen molar-refractivity contribution in [1.82, 2.24) is 5.32 Å². The first-order valence-electron chi connectivity index (χ1n) is 10.6. The van der Waals surface area contributed by atoms with Gasteiger partial charge in [0.15, 0.2) is 0 Å². The molecule has 0 spiro atoms. The molecule has 5 rings (SSSR count). The maximum Gasteiger partial charge on any atom is 0.223 e. The highest BCUT2D eigenvalue weighted by molar-refractivity contribution is 5.95. The second-order valence-electron chi connectivity index (χ2n) is 9.80. The summed E-state index contributed by atoms with van der Waals surface area (Å²) < 4.78 is 0. The predicted octanol–water partition coefficient (Wildman–Crippen LogP) is 3.05. The highest BCUT2D eigenvalue weighted by Gasteiger charge is 2.58. The van der Waals surface area contributed by atoms with Crippen LogP contribution >= 0.6 is 0 Å². The number of carbonyl (C=O) groups is 1. The normalized spacial score (nSPS) is 33.2. The van der Waals surface area contributed by atoms with E-state index < -0.39 is 5.54 Å². The number of aliphatic imine (C=N–C) groups is 1. The van der Waals surface area contributed by atoms with Crippen molar-refractivity contribution in [3.8, 4) is 6.19 Å². The van der Waals surface area contributed by atoms with Gasteiger partial charge < -0.3 is 16.0 Å². The number of nitrogens with one attached hydrogen (secondary N) is 1. The Kier molecular flexibility index (Phi) is 4.80. The highest BCUT2D eigenvalue weighted by Crippen LogP contribution is 2.60. The summed E-state index contributed by atoms with van der Waals surface area (Å²) in [7, 11) is 2.03. The fourth-order valence-corrected chi connectivity index (χ4v) is 6.25. The first kappa shape index (κ1) is 19.8. The van der Waals surface area contributed by atoms with E-state index in [1.165, 1.54) is 0 Å². The number of hydrogen-bond acceptors (Lipinski definition) is 4. The zero-order chi connectivity index (χ0) is 20.8. The maximum absolute atomic E-state index is 12.2. The lowest BCUT2D eigenvalue weighted by molar-refractivity contribution is -0.145. The molecule has 0 aromatic heterocycles. The number of hydrogen-bond donors (Lipinski definition) is 2. The Morgan fingerprint density at radius 2 is 1.86 bits per heavy atom. The smallest absolute Gasteiger partial charge is 0.223 e. The summed E-state index contributed by atoms with van der Waals surface area (Å²) in [6, 6.07) is 10.4. The molecular formula is C23H31N5O. The number of nitrogens with zero attached hydrogens (tertiary/aromatic N) is 3. The number of anilines is 1. The van der Waals surface area contributed by atoms with Gasteiger partial charge >= 0.3 is 0 Å². The van der Waals surface area contributed by atoms with Crippen LogP contribution in [0.2, 0.25) is 0 Å². The molecule has 0 heterocycles. The van der Waals surface area contributed by atoms with Crippen LogP contribution in [0.5, 0.6) is 0 Å². The standard InChI is InChI=1S/C23H31N5O/c1-22(2,28(3)18-7-5-4-6-8-18)21(26-14-24)27-19-16-9-15-10-17(19)13-23(11-15,12-16)20(25)29/h4-8,15-17,19H,9-13H2,1-3H3,(H2,25,29)(H,26,27). The van der Waals surface area contributed by atoms with Crippen molar-refractivity contribution < 1.29 is 4.79 Å². The van der Waals surface area contributed by atoms with Crippen molar-refractivity contribution in [3.63, 3.8) is 0 Å². The third kappa shape index (κ3) is 3.27. The van der Waals surface area contributed by atoms with Crippen LogP contribution < -0.4 is 16.0 Å². The highest BCUT2D eigenvalue weighted by atomic mass is 16.1. The van der Waals surface area contributed by atoms with E-state index in [-0.39, 0.29) is 17.4 Å². The molecule has 4 aliphatic carbocycles. The van der Waals surface area contributed by atoms with Crippen molar-refractivity contribution >= 4 is 17.4 Å². The van der Waals surface area contributed by atoms with Gasteiger partial charge in [-0.3, -0.25) is 4.79 Å². The maximum atomic E-state index is 12.2. The molecular weight excluding hydrogens is 362 g/mol. The van der Waals surface area contributed by atoms with E-state index in [9.17, 15) is 10.1 Å². The average Bonchev–Trinajstić information content (AvgIpc) is 2.69. The van der Waals surface area contributed by atoms with Gasteiger partial charge in [-0.25, -0.2) is 0 Å². The molecule has 4 fully saturated rings. The van der Waals surface area contributed by atoms with Gasteiger partial charge in [-0.05, 0) is 75.8 Å². The lowest BCUT2D eigenvalue weighted by Gasteiger charge is -2.59. The number of benzene rings is 1. The largest absolute Gasteiger partial charge is 0.369 e. The summed E-state index contributed by atoms with van der Waals surface area (Å²) in [5, 5.41) is 13.1. The molecule has 0 radical (unpaired) electrons. The molecule has 0 saturated heterocycles. The Labute approximate surface area is 173 Å². The van der Waals surface area contributed by atoms with Crippen molar-refractivity contribution in [2.75, 3.05) is 11.9 Å². The Hall–Kier alpha value is -2.55. The minimum Gasteiger partial charge on any atom is -0.369 e. The predicted molar refractivity (Wildman–Crippen MR) is 114 cm³/mol. The van der Waals surface area contributed by atoms with Crippen LogP contribution in [0.4, 0.5) is 5.69 Å². The first-order chi connectivity index (χ1) is 13.8. The summed E-state index contributed by atoms with van der Waals surface area (Å²) in [4.78, 5) is 18.6. The number of amides is 1. The molecule has 4 bridgehead atoms. The van der Waals surface area contributed by atoms with E-state index >= 15 is 0 Å². The molecule has 0 aliphatic heterocycles. The number of primary amides is 1. The summed E-state index contributed by atoms with van der Waals surface area (Å²) in [6.07, 6.45) is 6.96. The Bertz CT molecular complexity index is 840. The minimum atomic E-state index is -0.479. The van der Waals surface area contributed by atoms with Crippen LogP contribution in [-0.4, -0.2) is 30.4 Å². The van der Waals surface area contributed by atoms with Crippen molar-refractivity contribution in [2.45, 2.75) is 57.5 Å². The average molecular weight is 394 g/mol. The number of likely N-dealkylation sites (N-methyl/N-ethyl adjacent to an activating group) is 1. The number of carbonyl (C=O) groups excluding carboxylic acids is 1. The topological polar surface area (TPSA) is 94.5 Å². The SMILES string of the molecule is CN(c1ccccc1)C(C)(C)/C(=N\C#N)NC1C2CC3CC1CC(C(N)=O)(C3)C2. The van der Waals surface area contributed by atoms with Crippen molar-refractivity contribution in [3.05, 3.63) is 30.3 Å². The fraction of sp³-hybridized carbons (Fsp3) is 0.609. The van der Waals surface area contributed by atoms with Crippen molar-refractivity contribution in [1.29, 1.82) is 5.26 Å². The van der Waals surface area contributed by atoms with Gasteiger partial charge in [-0.15, -0.1) is 0 Å². The summed E-state index contributed by atoms with van der Waals surface area (Å²) in [6.45, 7) is 4.17. The number of nitrogens with two attached hydrogens (primary N) is 1. The monoisotopic (exact) mass is 393 g/mol. The molecule has 4 saturated carbocycles. The van der Waals surface area contributed by atoms with E-state index in [1.54, 1.807) is 0 Å². The second kappa shape index (κ2) is 7.05. The van der Waals surface area contributed by atoms with Crippen LogP contribution in [0.3, 0.4) is 0 Å². The minimum absolute atomic E-state index is 0.120. The van der Waals surface area contributed by atoms with Crippen LogP contribution in [0.15, 0.2) is 35.3 Å². The Balaban J connectivity index is 1.58. The van der Waals surface area contributed by atoms with E-state index in [1.807, 2.05) is 31.4 Å². The second-order valence-corrected chi connectivity index (χ2v) is 9.80. The van der Waals surface area contributed by atoms with Crippen LogP contribution in [0, 0.1) is 34.6 Å². The van der Waals surface area contributed by atoms with Gasteiger partial charge in [0.05, 0.1) is 5.54 Å². The molecule has 6 heteroatoms. The molecule has 1 aromatic carbocycles. The summed E-state index contributed by atoms with van der Waals surface area (Å²) >= 11 is 0. The molecule has 1 amide bonds. The van der Waals surface area contributed by atoms with Crippen molar-refractivity contribution in [2.24, 2.45) is 33.9 Å². The molecule has 6 nitrogen and oxygen atoms in total. The van der Waals surface area contributed by atoms with Crippen LogP contribution in [0.25, 0.3) is 0 Å². The van der Waals surface area contributed by atoms with E-state index in [2.05, 4.69) is 41.2 Å². The number of amidine groups is 1. The molecule has 1 aromatic rings. The lowest BCUT2D eigenvalue weighted by Crippen LogP contribution is -2.65. The summed E-state index contributed by atoms with van der Waals surface area (Å²) in [5.74, 6) is 2.00. The van der Waals surface area contributed by atoms with Crippen LogP contribution in [-0.2, 0) is 4.79 Å². The van der Waals surface area contributed by atoms with Gasteiger partial charge in [-0.2, -0.15) is 10.3 Å². The molecule has 29 heavy (non-hydrogen) atoms.